The van der Waals surface area contributed by atoms with Gasteiger partial charge >= 0.3 is 0 Å². The lowest BCUT2D eigenvalue weighted by Crippen LogP contribution is -2.39. The average Bonchev–Trinajstić information content (AvgIpc) is 2.68. The number of anilines is 2. The van der Waals surface area contributed by atoms with Crippen molar-refractivity contribution in [2.45, 2.75) is 45.6 Å². The number of pyridine rings is 1. The van der Waals surface area contributed by atoms with E-state index >= 15 is 0 Å². The number of nitrogens with one attached hydrogen (secondary N) is 1. The molecule has 1 unspecified atom stereocenters. The second kappa shape index (κ2) is 8.13. The molecule has 1 aromatic carbocycles. The van der Waals surface area contributed by atoms with Gasteiger partial charge in [0.15, 0.2) is 5.78 Å². The van der Waals surface area contributed by atoms with Gasteiger partial charge < -0.3 is 10.2 Å². The van der Waals surface area contributed by atoms with Gasteiger partial charge in [-0.15, -0.1) is 0 Å². The number of aromatic nitrogens is 1. The van der Waals surface area contributed by atoms with Crippen LogP contribution in [0.1, 0.15) is 60.4 Å². The highest BCUT2D eigenvalue weighted by molar-refractivity contribution is 6.04. The zero-order chi connectivity index (χ0) is 18.5. The van der Waals surface area contributed by atoms with Crippen molar-refractivity contribution in [3.63, 3.8) is 0 Å². The largest absolute Gasteiger partial charge is 0.368 e. The topological polar surface area (TPSA) is 62.3 Å². The molecule has 5 nitrogen and oxygen atoms in total. The highest BCUT2D eigenvalue weighted by atomic mass is 16.2. The molecule has 1 aliphatic heterocycles. The SMILES string of the molecule is CCC1CCCCN1c1ccnc(C(=O)Nc2cccc(C(C)=O)c2)c1. The lowest BCUT2D eigenvalue weighted by molar-refractivity contribution is 0.100. The molecule has 3 rings (SSSR count). The summed E-state index contributed by atoms with van der Waals surface area (Å²) in [6, 6.07) is 11.3. The van der Waals surface area contributed by atoms with Gasteiger partial charge in [-0.25, -0.2) is 0 Å². The van der Waals surface area contributed by atoms with Gasteiger partial charge in [-0.1, -0.05) is 19.1 Å². The first-order chi connectivity index (χ1) is 12.6. The number of ketones is 1. The van der Waals surface area contributed by atoms with Gasteiger partial charge in [0.1, 0.15) is 5.69 Å². The molecule has 0 spiro atoms. The average molecular weight is 351 g/mol. The smallest absolute Gasteiger partial charge is 0.274 e. The molecule has 1 aromatic heterocycles. The molecule has 1 aliphatic rings. The minimum absolute atomic E-state index is 0.0306. The van der Waals surface area contributed by atoms with Gasteiger partial charge in [0.2, 0.25) is 0 Å². The second-order valence-corrected chi connectivity index (χ2v) is 6.74. The van der Waals surface area contributed by atoms with E-state index in [2.05, 4.69) is 22.1 Å². The van der Waals surface area contributed by atoms with Gasteiger partial charge in [-0.3, -0.25) is 14.6 Å². The van der Waals surface area contributed by atoms with Crippen molar-refractivity contribution < 1.29 is 9.59 Å². The summed E-state index contributed by atoms with van der Waals surface area (Å²) in [7, 11) is 0. The molecule has 0 radical (unpaired) electrons. The highest BCUT2D eigenvalue weighted by Crippen LogP contribution is 2.26. The first-order valence-corrected chi connectivity index (χ1v) is 9.23. The van der Waals surface area contributed by atoms with E-state index in [1.165, 1.54) is 26.2 Å². The monoisotopic (exact) mass is 351 g/mol. The van der Waals surface area contributed by atoms with Crippen LogP contribution in [0.3, 0.4) is 0 Å². The predicted molar refractivity (Wildman–Crippen MR) is 104 cm³/mol. The van der Waals surface area contributed by atoms with Crippen molar-refractivity contribution in [2.75, 3.05) is 16.8 Å². The maximum atomic E-state index is 12.6. The Morgan fingerprint density at radius 3 is 2.85 bits per heavy atom. The summed E-state index contributed by atoms with van der Waals surface area (Å²) < 4.78 is 0. The molecule has 2 heterocycles. The molecule has 1 amide bonds. The summed E-state index contributed by atoms with van der Waals surface area (Å²) in [6.07, 6.45) is 6.43. The first-order valence-electron chi connectivity index (χ1n) is 9.23. The first kappa shape index (κ1) is 18.1. The fourth-order valence-corrected chi connectivity index (χ4v) is 3.50. The van der Waals surface area contributed by atoms with Crippen LogP contribution in [0.2, 0.25) is 0 Å². The number of carbonyl (C=O) groups excluding carboxylic acids is 2. The van der Waals surface area contributed by atoms with Crippen LogP contribution in [0.15, 0.2) is 42.6 Å². The minimum Gasteiger partial charge on any atom is -0.368 e. The molecule has 2 aromatic rings. The van der Waals surface area contributed by atoms with E-state index in [-0.39, 0.29) is 11.7 Å². The summed E-state index contributed by atoms with van der Waals surface area (Å²) in [4.78, 5) is 30.7. The van der Waals surface area contributed by atoms with Crippen molar-refractivity contribution >= 4 is 23.1 Å². The predicted octanol–water partition coefficient (Wildman–Crippen LogP) is 4.31. The summed E-state index contributed by atoms with van der Waals surface area (Å²) in [6.45, 7) is 4.73. The third-order valence-corrected chi connectivity index (χ3v) is 4.93. The summed E-state index contributed by atoms with van der Waals surface area (Å²) in [5.41, 5.74) is 2.60. The number of amides is 1. The minimum atomic E-state index is -0.266. The van der Waals surface area contributed by atoms with Gasteiger partial charge in [-0.05, 0) is 56.9 Å². The Bertz CT molecular complexity index is 803. The number of carbonyl (C=O) groups is 2. The third-order valence-electron chi connectivity index (χ3n) is 4.93. The van der Waals surface area contributed by atoms with Crippen LogP contribution in [0.25, 0.3) is 0 Å². The molecule has 1 fully saturated rings. The van der Waals surface area contributed by atoms with Crippen molar-refractivity contribution in [3.8, 4) is 0 Å². The van der Waals surface area contributed by atoms with E-state index in [4.69, 9.17) is 0 Å². The van der Waals surface area contributed by atoms with Crippen LogP contribution >= 0.6 is 0 Å². The van der Waals surface area contributed by atoms with Crippen molar-refractivity contribution in [2.24, 2.45) is 0 Å². The Morgan fingerprint density at radius 2 is 2.08 bits per heavy atom. The van der Waals surface area contributed by atoms with Gasteiger partial charge in [-0.2, -0.15) is 0 Å². The Kier molecular flexibility index (Phi) is 5.66. The van der Waals surface area contributed by atoms with E-state index in [0.29, 0.717) is 23.0 Å². The molecule has 0 aliphatic carbocycles. The molecule has 26 heavy (non-hydrogen) atoms. The molecule has 1 N–H and O–H groups in total. The molecule has 1 saturated heterocycles. The maximum Gasteiger partial charge on any atom is 0.274 e. The van der Waals surface area contributed by atoms with Crippen LogP contribution < -0.4 is 10.2 Å². The number of Topliss-reactive ketones (excluding diaryl/α,β-unsaturated/α-hetero) is 1. The van der Waals surface area contributed by atoms with Crippen LogP contribution in [0.4, 0.5) is 11.4 Å². The summed E-state index contributed by atoms with van der Waals surface area (Å²) in [5, 5.41) is 2.84. The Labute approximate surface area is 154 Å². The van der Waals surface area contributed by atoms with Gasteiger partial charge in [0.25, 0.3) is 5.91 Å². The lowest BCUT2D eigenvalue weighted by atomic mass is 9.99. The zero-order valence-corrected chi connectivity index (χ0v) is 15.4. The lowest BCUT2D eigenvalue weighted by Gasteiger charge is -2.37. The molecule has 0 saturated carbocycles. The Hall–Kier alpha value is -2.69. The zero-order valence-electron chi connectivity index (χ0n) is 15.4. The normalized spacial score (nSPS) is 17.0. The molecule has 136 valence electrons. The van der Waals surface area contributed by atoms with Crippen LogP contribution in [-0.2, 0) is 0 Å². The van der Waals surface area contributed by atoms with Crippen LogP contribution in [0.5, 0.6) is 0 Å². The summed E-state index contributed by atoms with van der Waals surface area (Å²) >= 11 is 0. The Morgan fingerprint density at radius 1 is 1.23 bits per heavy atom. The van der Waals surface area contributed by atoms with Crippen molar-refractivity contribution in [3.05, 3.63) is 53.9 Å². The third kappa shape index (κ3) is 4.10. The molecule has 1 atom stereocenters. The van der Waals surface area contributed by atoms with E-state index in [1.54, 1.807) is 30.5 Å². The second-order valence-electron chi connectivity index (χ2n) is 6.74. The summed E-state index contributed by atoms with van der Waals surface area (Å²) in [5.74, 6) is -0.297. The number of benzene rings is 1. The fourth-order valence-electron chi connectivity index (χ4n) is 3.50. The van der Waals surface area contributed by atoms with E-state index < -0.39 is 0 Å². The number of piperidine rings is 1. The van der Waals surface area contributed by atoms with Crippen LogP contribution in [0, 0.1) is 0 Å². The number of hydrogen-bond acceptors (Lipinski definition) is 4. The number of hydrogen-bond donors (Lipinski definition) is 1. The fraction of sp³-hybridized carbons (Fsp3) is 0.381. The van der Waals surface area contributed by atoms with Crippen LogP contribution in [-0.4, -0.2) is 29.3 Å². The van der Waals surface area contributed by atoms with E-state index in [9.17, 15) is 9.59 Å². The van der Waals surface area contributed by atoms with Crippen molar-refractivity contribution in [1.29, 1.82) is 0 Å². The van der Waals surface area contributed by atoms with Crippen molar-refractivity contribution in [1.82, 2.24) is 4.98 Å². The molecule has 5 heteroatoms. The molecular formula is C21H25N3O2. The van der Waals surface area contributed by atoms with Gasteiger partial charge in [0, 0.05) is 35.7 Å². The maximum absolute atomic E-state index is 12.6. The molecule has 0 bridgehead atoms. The quantitative estimate of drug-likeness (QED) is 0.816. The number of rotatable bonds is 5. The number of nitrogens with zero attached hydrogens (tertiary/aromatic N) is 2. The molecular weight excluding hydrogens is 326 g/mol. The standard InChI is InChI=1S/C21H25N3O2/c1-3-18-9-4-5-12-24(18)19-10-11-22-20(14-19)21(26)23-17-8-6-7-16(13-17)15(2)25/h6-8,10-11,13-14,18H,3-5,9,12H2,1-2H3,(H,23,26). The highest BCUT2D eigenvalue weighted by Gasteiger charge is 2.22. The van der Waals surface area contributed by atoms with E-state index in [0.717, 1.165) is 18.7 Å². The Balaban J connectivity index is 1.78. The van der Waals surface area contributed by atoms with E-state index in [1.807, 2.05) is 12.1 Å². The van der Waals surface area contributed by atoms with Gasteiger partial charge in [0.05, 0.1) is 0 Å².